The summed E-state index contributed by atoms with van der Waals surface area (Å²) < 4.78 is 33.9. The summed E-state index contributed by atoms with van der Waals surface area (Å²) in [4.78, 5) is 11.8. The van der Waals surface area contributed by atoms with E-state index in [1.807, 2.05) is 44.2 Å². The van der Waals surface area contributed by atoms with E-state index in [2.05, 4.69) is 6.07 Å². The zero-order valence-corrected chi connectivity index (χ0v) is 28.4. The number of unbranched alkanes of at least 4 members (excludes halogenated alkanes) is 8. The van der Waals surface area contributed by atoms with Gasteiger partial charge >= 0.3 is 5.97 Å². The molecule has 0 amide bonds. The standard InChI is InChI=1S/C37H51NO8/c1-36(2)45-26-37(3,35(39)40)34(46-36)16-14-12-10-8-7-9-11-13-15-21-44-31-19-17-27(23-32(31)42-5)22-29(25-38)28-18-20-30(41-4)33(24-28)43-6/h17-20,22-24,34H,7-16,21,26H2,1-6H3,(H,39,40). The Balaban J connectivity index is 1.33. The number of ether oxygens (including phenoxy) is 6. The van der Waals surface area contributed by atoms with Crippen molar-refractivity contribution in [3.63, 3.8) is 0 Å². The van der Waals surface area contributed by atoms with Gasteiger partial charge in [0.1, 0.15) is 5.41 Å². The van der Waals surface area contributed by atoms with Crippen molar-refractivity contribution in [2.75, 3.05) is 34.5 Å². The first-order valence-corrected chi connectivity index (χ1v) is 16.3. The lowest BCUT2D eigenvalue weighted by Gasteiger charge is -2.45. The summed E-state index contributed by atoms with van der Waals surface area (Å²) in [6.45, 7) is 6.20. The normalized spacial score (nSPS) is 19.2. The number of carboxylic acids is 1. The number of carboxylic acid groups (broad SMARTS) is 1. The third-order valence-electron chi connectivity index (χ3n) is 8.53. The van der Waals surface area contributed by atoms with Gasteiger partial charge in [-0.1, -0.05) is 57.4 Å². The quantitative estimate of drug-likeness (QED) is 0.0922. The highest BCUT2D eigenvalue weighted by Crippen LogP contribution is 2.38. The molecule has 0 spiro atoms. The molecule has 1 aliphatic rings. The molecule has 1 saturated heterocycles. The van der Waals surface area contributed by atoms with E-state index in [0.29, 0.717) is 35.2 Å². The van der Waals surface area contributed by atoms with Crippen LogP contribution in [0.25, 0.3) is 11.6 Å². The second-order valence-corrected chi connectivity index (χ2v) is 12.5. The van der Waals surface area contributed by atoms with Gasteiger partial charge in [0.2, 0.25) is 0 Å². The van der Waals surface area contributed by atoms with E-state index >= 15 is 0 Å². The smallest absolute Gasteiger partial charge is 0.314 e. The van der Waals surface area contributed by atoms with Gasteiger partial charge < -0.3 is 33.5 Å². The summed E-state index contributed by atoms with van der Waals surface area (Å²) in [5.74, 6) is 0.875. The van der Waals surface area contributed by atoms with Crippen LogP contribution >= 0.6 is 0 Å². The van der Waals surface area contributed by atoms with E-state index in [0.717, 1.165) is 49.7 Å². The summed E-state index contributed by atoms with van der Waals surface area (Å²) >= 11 is 0. The predicted octanol–water partition coefficient (Wildman–Crippen LogP) is 8.30. The summed E-state index contributed by atoms with van der Waals surface area (Å²) in [6, 6.07) is 13.3. The number of rotatable bonds is 19. The van der Waals surface area contributed by atoms with Crippen molar-refractivity contribution in [1.29, 1.82) is 5.26 Å². The maximum absolute atomic E-state index is 11.8. The van der Waals surface area contributed by atoms with Gasteiger partial charge in [-0.3, -0.25) is 4.79 Å². The Morgan fingerprint density at radius 2 is 1.46 bits per heavy atom. The Bertz CT molecular complexity index is 1350. The molecular formula is C37H51NO8. The van der Waals surface area contributed by atoms with Crippen LogP contribution in [0.15, 0.2) is 36.4 Å². The van der Waals surface area contributed by atoms with Crippen molar-refractivity contribution in [1.82, 2.24) is 0 Å². The fourth-order valence-electron chi connectivity index (χ4n) is 5.60. The van der Waals surface area contributed by atoms with Gasteiger partial charge in [0.05, 0.1) is 52.3 Å². The molecular weight excluding hydrogens is 586 g/mol. The van der Waals surface area contributed by atoms with Crippen LogP contribution in [0.4, 0.5) is 0 Å². The highest BCUT2D eigenvalue weighted by atomic mass is 16.7. The monoisotopic (exact) mass is 637 g/mol. The van der Waals surface area contributed by atoms with E-state index in [4.69, 9.17) is 28.4 Å². The molecule has 1 aliphatic heterocycles. The van der Waals surface area contributed by atoms with Crippen LogP contribution in [-0.2, 0) is 14.3 Å². The van der Waals surface area contributed by atoms with Gasteiger partial charge in [-0.15, -0.1) is 0 Å². The second-order valence-electron chi connectivity index (χ2n) is 12.5. The van der Waals surface area contributed by atoms with E-state index in [-0.39, 0.29) is 12.7 Å². The minimum atomic E-state index is -0.999. The molecule has 0 aromatic heterocycles. The maximum Gasteiger partial charge on any atom is 0.314 e. The van der Waals surface area contributed by atoms with E-state index in [1.54, 1.807) is 40.4 Å². The Kier molecular flexibility index (Phi) is 14.2. The molecule has 46 heavy (non-hydrogen) atoms. The lowest BCUT2D eigenvalue weighted by atomic mass is 9.81. The van der Waals surface area contributed by atoms with Crippen LogP contribution in [0.1, 0.15) is 96.1 Å². The molecule has 9 heteroatoms. The SMILES string of the molecule is COc1ccc(C(C#N)=Cc2ccc(OCCCCCCCCCCCC3OC(C)(C)OCC3(C)C(=O)O)c(OC)c2)cc1OC. The van der Waals surface area contributed by atoms with Gasteiger partial charge in [-0.2, -0.15) is 5.26 Å². The molecule has 3 rings (SSSR count). The summed E-state index contributed by atoms with van der Waals surface area (Å²) in [6.07, 6.45) is 12.2. The molecule has 9 nitrogen and oxygen atoms in total. The molecule has 252 valence electrons. The van der Waals surface area contributed by atoms with Crippen LogP contribution < -0.4 is 18.9 Å². The Morgan fingerprint density at radius 1 is 0.870 bits per heavy atom. The number of hydrogen-bond donors (Lipinski definition) is 1. The van der Waals surface area contributed by atoms with Gasteiger partial charge in [-0.25, -0.2) is 0 Å². The summed E-state index contributed by atoms with van der Waals surface area (Å²) in [7, 11) is 4.76. The van der Waals surface area contributed by atoms with Gasteiger partial charge in [0.25, 0.3) is 0 Å². The topological polar surface area (TPSA) is 116 Å². The second kappa shape index (κ2) is 17.8. The van der Waals surface area contributed by atoms with Crippen molar-refractivity contribution in [2.24, 2.45) is 5.41 Å². The molecule has 1 N–H and O–H groups in total. The molecule has 1 heterocycles. The molecule has 0 saturated carbocycles. The Hall–Kier alpha value is -3.74. The van der Waals surface area contributed by atoms with E-state index in [9.17, 15) is 15.2 Å². The number of hydrogen-bond acceptors (Lipinski definition) is 8. The van der Waals surface area contributed by atoms with Crippen LogP contribution in [0.2, 0.25) is 0 Å². The van der Waals surface area contributed by atoms with Crippen LogP contribution in [0.3, 0.4) is 0 Å². The minimum absolute atomic E-state index is 0.176. The van der Waals surface area contributed by atoms with Crippen molar-refractivity contribution in [3.05, 3.63) is 47.5 Å². The van der Waals surface area contributed by atoms with E-state index < -0.39 is 17.2 Å². The number of methoxy groups -OCH3 is 3. The highest BCUT2D eigenvalue weighted by molar-refractivity contribution is 5.90. The van der Waals surface area contributed by atoms with Crippen LogP contribution in [0.5, 0.6) is 23.0 Å². The van der Waals surface area contributed by atoms with Crippen molar-refractivity contribution in [2.45, 2.75) is 96.9 Å². The zero-order valence-electron chi connectivity index (χ0n) is 28.4. The Morgan fingerprint density at radius 3 is 2.07 bits per heavy atom. The molecule has 2 aromatic rings. The summed E-state index contributed by atoms with van der Waals surface area (Å²) in [5.41, 5.74) is 1.06. The highest BCUT2D eigenvalue weighted by Gasteiger charge is 2.49. The van der Waals surface area contributed by atoms with Gasteiger partial charge in [0, 0.05) is 0 Å². The van der Waals surface area contributed by atoms with Crippen molar-refractivity contribution >= 4 is 17.6 Å². The average molecular weight is 638 g/mol. The number of nitrogens with zero attached hydrogens (tertiary/aromatic N) is 1. The zero-order chi connectivity index (χ0) is 33.6. The molecule has 0 aliphatic carbocycles. The first kappa shape index (κ1) is 36.7. The molecule has 2 aromatic carbocycles. The van der Waals surface area contributed by atoms with Crippen LogP contribution in [-0.4, -0.2) is 57.5 Å². The number of allylic oxidation sites excluding steroid dienone is 1. The first-order chi connectivity index (χ1) is 22.1. The largest absolute Gasteiger partial charge is 0.493 e. The van der Waals surface area contributed by atoms with Crippen molar-refractivity contribution < 1.29 is 38.3 Å². The molecule has 2 unspecified atom stereocenters. The minimum Gasteiger partial charge on any atom is -0.493 e. The number of carbonyl (C=O) groups is 1. The fourth-order valence-corrected chi connectivity index (χ4v) is 5.60. The fraction of sp³-hybridized carbons (Fsp3) is 0.568. The molecule has 2 atom stereocenters. The number of aliphatic carboxylic acids is 1. The van der Waals surface area contributed by atoms with E-state index in [1.165, 1.54) is 25.7 Å². The van der Waals surface area contributed by atoms with Crippen molar-refractivity contribution in [3.8, 4) is 29.1 Å². The van der Waals surface area contributed by atoms with Gasteiger partial charge in [-0.05, 0) is 81.1 Å². The molecule has 0 bridgehead atoms. The Labute approximate surface area is 274 Å². The molecule has 0 radical (unpaired) electrons. The summed E-state index contributed by atoms with van der Waals surface area (Å²) in [5, 5.41) is 19.5. The lowest BCUT2D eigenvalue weighted by molar-refractivity contribution is -0.312. The third kappa shape index (κ3) is 10.4. The average Bonchev–Trinajstić information content (AvgIpc) is 3.05. The number of benzene rings is 2. The third-order valence-corrected chi connectivity index (χ3v) is 8.53. The number of nitriles is 1. The van der Waals surface area contributed by atoms with Gasteiger partial charge in [0.15, 0.2) is 28.8 Å². The lowest BCUT2D eigenvalue weighted by Crippen LogP contribution is -2.55. The van der Waals surface area contributed by atoms with Crippen LogP contribution in [0, 0.1) is 16.7 Å². The predicted molar refractivity (Wildman–Crippen MR) is 178 cm³/mol. The maximum atomic E-state index is 11.8. The molecule has 1 fully saturated rings. The first-order valence-electron chi connectivity index (χ1n) is 16.3.